The van der Waals surface area contributed by atoms with Gasteiger partial charge in [-0.25, -0.2) is 18.7 Å². The summed E-state index contributed by atoms with van der Waals surface area (Å²) in [6.45, 7) is 5.31. The SMILES string of the molecule is Cc1cc2c(-c3ccc(F)cc3F)cc(C3CCOCC3)nc2nc1C. The molecule has 0 radical (unpaired) electrons. The molecular formula is C21H20F2N2O. The first-order chi connectivity index (χ1) is 12.5. The number of aromatic nitrogens is 2. The van der Waals surface area contributed by atoms with Crippen LogP contribution in [0.2, 0.25) is 0 Å². The second-order valence-corrected chi connectivity index (χ2v) is 6.87. The fourth-order valence-electron chi connectivity index (χ4n) is 3.49. The lowest BCUT2D eigenvalue weighted by Crippen LogP contribution is -2.15. The summed E-state index contributed by atoms with van der Waals surface area (Å²) in [5.74, 6) is -0.896. The molecule has 0 atom stereocenters. The fourth-order valence-corrected chi connectivity index (χ4v) is 3.49. The molecule has 0 amide bonds. The second-order valence-electron chi connectivity index (χ2n) is 6.87. The van der Waals surface area contributed by atoms with E-state index < -0.39 is 11.6 Å². The molecule has 3 nitrogen and oxygen atoms in total. The molecule has 3 aromatic rings. The van der Waals surface area contributed by atoms with Crippen LogP contribution in [0, 0.1) is 25.5 Å². The number of rotatable bonds is 2. The third-order valence-electron chi connectivity index (χ3n) is 5.12. The molecule has 134 valence electrons. The Morgan fingerprint density at radius 1 is 0.962 bits per heavy atom. The lowest BCUT2D eigenvalue weighted by Gasteiger charge is -2.22. The zero-order valence-corrected chi connectivity index (χ0v) is 14.9. The van der Waals surface area contributed by atoms with E-state index in [4.69, 9.17) is 9.72 Å². The zero-order valence-electron chi connectivity index (χ0n) is 14.9. The van der Waals surface area contributed by atoms with Crippen LogP contribution in [-0.2, 0) is 4.74 Å². The van der Waals surface area contributed by atoms with Crippen LogP contribution in [-0.4, -0.2) is 23.2 Å². The Bertz CT molecular complexity index is 981. The molecule has 0 spiro atoms. The molecule has 2 aromatic heterocycles. The topological polar surface area (TPSA) is 35.0 Å². The number of aryl methyl sites for hydroxylation is 2. The summed E-state index contributed by atoms with van der Waals surface area (Å²) >= 11 is 0. The first-order valence-corrected chi connectivity index (χ1v) is 8.85. The minimum atomic E-state index is -0.584. The van der Waals surface area contributed by atoms with Gasteiger partial charge in [0.2, 0.25) is 0 Å². The summed E-state index contributed by atoms with van der Waals surface area (Å²) in [7, 11) is 0. The van der Waals surface area contributed by atoms with E-state index in [2.05, 4.69) is 4.98 Å². The van der Waals surface area contributed by atoms with Crippen molar-refractivity contribution in [1.82, 2.24) is 9.97 Å². The molecule has 0 N–H and O–H groups in total. The Kier molecular flexibility index (Phi) is 4.41. The van der Waals surface area contributed by atoms with Gasteiger partial charge in [-0.15, -0.1) is 0 Å². The summed E-state index contributed by atoms with van der Waals surface area (Å²) in [5, 5.41) is 0.786. The number of fused-ring (bicyclic) bond motifs is 1. The van der Waals surface area contributed by atoms with Crippen LogP contribution in [0.1, 0.15) is 35.7 Å². The summed E-state index contributed by atoms with van der Waals surface area (Å²) in [6, 6.07) is 7.61. The lowest BCUT2D eigenvalue weighted by molar-refractivity contribution is 0.0846. The molecule has 1 aromatic carbocycles. The van der Waals surface area contributed by atoms with Crippen molar-refractivity contribution in [2.45, 2.75) is 32.6 Å². The molecule has 1 fully saturated rings. The van der Waals surface area contributed by atoms with Crippen LogP contribution >= 0.6 is 0 Å². The maximum Gasteiger partial charge on any atom is 0.160 e. The van der Waals surface area contributed by atoms with Gasteiger partial charge in [0, 0.05) is 47.5 Å². The highest BCUT2D eigenvalue weighted by Gasteiger charge is 2.21. The summed E-state index contributed by atoms with van der Waals surface area (Å²) in [6.07, 6.45) is 1.77. The van der Waals surface area contributed by atoms with Gasteiger partial charge in [-0.2, -0.15) is 0 Å². The van der Waals surface area contributed by atoms with Crippen molar-refractivity contribution in [3.63, 3.8) is 0 Å². The van der Waals surface area contributed by atoms with E-state index in [9.17, 15) is 8.78 Å². The van der Waals surface area contributed by atoms with Crippen molar-refractivity contribution < 1.29 is 13.5 Å². The second kappa shape index (κ2) is 6.72. The van der Waals surface area contributed by atoms with Crippen LogP contribution < -0.4 is 0 Å². The van der Waals surface area contributed by atoms with Crippen LogP contribution in [0.5, 0.6) is 0 Å². The zero-order chi connectivity index (χ0) is 18.3. The van der Waals surface area contributed by atoms with Gasteiger partial charge in [0.05, 0.1) is 0 Å². The maximum atomic E-state index is 14.5. The summed E-state index contributed by atoms with van der Waals surface area (Å²) in [5.41, 5.74) is 4.51. The molecule has 26 heavy (non-hydrogen) atoms. The number of hydrogen-bond donors (Lipinski definition) is 0. The van der Waals surface area contributed by atoms with Gasteiger partial charge < -0.3 is 4.74 Å². The number of ether oxygens (including phenoxy) is 1. The molecule has 1 saturated heterocycles. The number of pyridine rings is 2. The van der Waals surface area contributed by atoms with Crippen molar-refractivity contribution in [3.8, 4) is 11.1 Å². The van der Waals surface area contributed by atoms with Gasteiger partial charge in [0.1, 0.15) is 11.6 Å². The third-order valence-corrected chi connectivity index (χ3v) is 5.12. The minimum Gasteiger partial charge on any atom is -0.381 e. The Morgan fingerprint density at radius 3 is 2.46 bits per heavy atom. The number of halogens is 2. The highest BCUT2D eigenvalue weighted by Crippen LogP contribution is 2.35. The van der Waals surface area contributed by atoms with E-state index in [-0.39, 0.29) is 5.92 Å². The Hall–Kier alpha value is -2.40. The van der Waals surface area contributed by atoms with Crippen molar-refractivity contribution in [2.24, 2.45) is 0 Å². The minimum absolute atomic E-state index is 0.263. The average molecular weight is 354 g/mol. The van der Waals surface area contributed by atoms with Gasteiger partial charge in [0.15, 0.2) is 5.65 Å². The molecule has 0 saturated carbocycles. The maximum absolute atomic E-state index is 14.5. The van der Waals surface area contributed by atoms with E-state index >= 15 is 0 Å². The largest absolute Gasteiger partial charge is 0.381 e. The first kappa shape index (κ1) is 17.0. The van der Waals surface area contributed by atoms with Crippen molar-refractivity contribution >= 4 is 11.0 Å². The van der Waals surface area contributed by atoms with Gasteiger partial charge in [-0.05, 0) is 62.1 Å². The molecule has 0 unspecified atom stereocenters. The molecule has 4 rings (SSSR count). The number of benzene rings is 1. The quantitative estimate of drug-likeness (QED) is 0.643. The average Bonchev–Trinajstić information content (AvgIpc) is 2.63. The van der Waals surface area contributed by atoms with Crippen molar-refractivity contribution in [1.29, 1.82) is 0 Å². The van der Waals surface area contributed by atoms with Gasteiger partial charge in [-0.3, -0.25) is 0 Å². The third kappa shape index (κ3) is 3.07. The molecule has 5 heteroatoms. The highest BCUT2D eigenvalue weighted by molar-refractivity contribution is 5.93. The monoisotopic (exact) mass is 354 g/mol. The predicted molar refractivity (Wildman–Crippen MR) is 97.2 cm³/mol. The van der Waals surface area contributed by atoms with E-state index in [0.29, 0.717) is 30.0 Å². The Labute approximate surface area is 151 Å². The molecule has 1 aliphatic rings. The normalized spacial score (nSPS) is 15.5. The van der Waals surface area contributed by atoms with E-state index in [1.807, 2.05) is 26.0 Å². The van der Waals surface area contributed by atoms with Crippen LogP contribution in [0.25, 0.3) is 22.2 Å². The van der Waals surface area contributed by atoms with Gasteiger partial charge in [0.25, 0.3) is 0 Å². The molecule has 0 aliphatic carbocycles. The number of nitrogens with zero attached hydrogens (tertiary/aromatic N) is 2. The van der Waals surface area contributed by atoms with Crippen molar-refractivity contribution in [3.05, 3.63) is 58.9 Å². The number of hydrogen-bond acceptors (Lipinski definition) is 3. The summed E-state index contributed by atoms with van der Waals surface area (Å²) in [4.78, 5) is 9.40. The predicted octanol–water partition coefficient (Wildman–Crippen LogP) is 5.09. The van der Waals surface area contributed by atoms with Gasteiger partial charge in [-0.1, -0.05) is 0 Å². The summed E-state index contributed by atoms with van der Waals surface area (Å²) < 4.78 is 33.3. The molecule has 1 aliphatic heterocycles. The Morgan fingerprint density at radius 2 is 1.73 bits per heavy atom. The standard InChI is InChI=1S/C21H20F2N2O/c1-12-9-18-17(16-4-3-15(22)10-19(16)23)11-20(14-5-7-26-8-6-14)25-21(18)24-13(12)2/h3-4,9-11,14H,5-8H2,1-2H3. The van der Waals surface area contributed by atoms with E-state index in [1.54, 1.807) is 0 Å². The highest BCUT2D eigenvalue weighted by atomic mass is 19.1. The first-order valence-electron chi connectivity index (χ1n) is 8.85. The fraction of sp³-hybridized carbons (Fsp3) is 0.333. The molecule has 3 heterocycles. The van der Waals surface area contributed by atoms with Crippen LogP contribution in [0.4, 0.5) is 8.78 Å². The molecule has 0 bridgehead atoms. The Balaban J connectivity index is 1.97. The molecular weight excluding hydrogens is 334 g/mol. The van der Waals surface area contributed by atoms with Crippen LogP contribution in [0.3, 0.4) is 0 Å². The smallest absolute Gasteiger partial charge is 0.160 e. The lowest BCUT2D eigenvalue weighted by atomic mass is 9.92. The van der Waals surface area contributed by atoms with E-state index in [0.717, 1.165) is 41.2 Å². The van der Waals surface area contributed by atoms with Crippen LogP contribution in [0.15, 0.2) is 30.3 Å². The van der Waals surface area contributed by atoms with Crippen molar-refractivity contribution in [2.75, 3.05) is 13.2 Å². The van der Waals surface area contributed by atoms with E-state index in [1.165, 1.54) is 12.1 Å². The van der Waals surface area contributed by atoms with Gasteiger partial charge >= 0.3 is 0 Å².